The first kappa shape index (κ1) is 27.8. The molecule has 1 unspecified atom stereocenters. The Labute approximate surface area is 207 Å². The van der Waals surface area contributed by atoms with Crippen molar-refractivity contribution < 1.29 is 28.6 Å². The standard InChI is InChI=1S/C25H38N4O6/c1-15-18(16-12-11-13-17(26)14-16)28(20(30)33-23(2,3)4)19(27-15)29(21(31)34-24(5,6)7)22(32)35-25(8,9)10/h11-14,19,27H,26H2,1-10H3. The number of nitrogens with zero attached hydrogens (tertiary/aromatic N) is 2. The van der Waals surface area contributed by atoms with Crippen LogP contribution in [0.2, 0.25) is 0 Å². The van der Waals surface area contributed by atoms with Crippen molar-refractivity contribution in [1.82, 2.24) is 15.1 Å². The molecule has 1 heterocycles. The molecule has 0 fully saturated rings. The lowest BCUT2D eigenvalue weighted by Crippen LogP contribution is -2.59. The zero-order chi connectivity index (χ0) is 26.9. The molecule has 0 aliphatic carbocycles. The maximum Gasteiger partial charge on any atom is 0.423 e. The fourth-order valence-corrected chi connectivity index (χ4v) is 3.25. The first-order valence-electron chi connectivity index (χ1n) is 11.4. The second-order valence-corrected chi connectivity index (χ2v) is 11.3. The number of hydrogen-bond donors (Lipinski definition) is 2. The van der Waals surface area contributed by atoms with E-state index in [0.717, 1.165) is 4.90 Å². The van der Waals surface area contributed by atoms with Crippen LogP contribution in [-0.2, 0) is 14.2 Å². The van der Waals surface area contributed by atoms with Gasteiger partial charge in [0, 0.05) is 16.9 Å². The van der Waals surface area contributed by atoms with Gasteiger partial charge in [-0.3, -0.25) is 0 Å². The number of anilines is 1. The Bertz CT molecular complexity index is 986. The molecule has 10 heteroatoms. The number of hydrogen-bond acceptors (Lipinski definition) is 8. The van der Waals surface area contributed by atoms with Crippen molar-refractivity contribution in [2.24, 2.45) is 0 Å². The van der Waals surface area contributed by atoms with E-state index in [1.807, 2.05) is 0 Å². The highest BCUT2D eigenvalue weighted by molar-refractivity contribution is 5.92. The van der Waals surface area contributed by atoms with Crippen LogP contribution in [0.15, 0.2) is 30.0 Å². The Balaban J connectivity index is 2.64. The number of benzene rings is 1. The van der Waals surface area contributed by atoms with Crippen molar-refractivity contribution in [3.8, 4) is 0 Å². The number of rotatable bonds is 2. The van der Waals surface area contributed by atoms with Gasteiger partial charge in [-0.05, 0) is 81.4 Å². The van der Waals surface area contributed by atoms with Gasteiger partial charge in [-0.1, -0.05) is 12.1 Å². The minimum Gasteiger partial charge on any atom is -0.443 e. The van der Waals surface area contributed by atoms with E-state index in [9.17, 15) is 14.4 Å². The van der Waals surface area contributed by atoms with Crippen LogP contribution in [0.1, 0.15) is 74.8 Å². The van der Waals surface area contributed by atoms with Crippen LogP contribution in [0.4, 0.5) is 20.1 Å². The molecule has 1 aromatic carbocycles. The predicted octanol–water partition coefficient (Wildman–Crippen LogP) is 5.25. The van der Waals surface area contributed by atoms with E-state index in [4.69, 9.17) is 19.9 Å². The summed E-state index contributed by atoms with van der Waals surface area (Å²) in [5.41, 5.74) is 5.31. The van der Waals surface area contributed by atoms with Crippen LogP contribution < -0.4 is 11.1 Å². The van der Waals surface area contributed by atoms with Gasteiger partial charge in [-0.2, -0.15) is 4.90 Å². The summed E-state index contributed by atoms with van der Waals surface area (Å²) in [5.74, 6) is 0. The van der Waals surface area contributed by atoms with Gasteiger partial charge in [-0.15, -0.1) is 0 Å². The number of carbonyl (C=O) groups is 3. The average Bonchev–Trinajstić information content (AvgIpc) is 2.94. The number of nitrogen functional groups attached to an aromatic ring is 1. The second-order valence-electron chi connectivity index (χ2n) is 11.3. The van der Waals surface area contributed by atoms with Crippen LogP contribution >= 0.6 is 0 Å². The molecule has 1 aliphatic heterocycles. The Morgan fingerprint density at radius 1 is 0.886 bits per heavy atom. The van der Waals surface area contributed by atoms with E-state index >= 15 is 0 Å². The molecule has 10 nitrogen and oxygen atoms in total. The second kappa shape index (κ2) is 9.67. The Morgan fingerprint density at radius 3 is 1.80 bits per heavy atom. The van der Waals surface area contributed by atoms with Crippen molar-refractivity contribution in [2.75, 3.05) is 5.73 Å². The van der Waals surface area contributed by atoms with E-state index in [1.165, 1.54) is 4.90 Å². The van der Waals surface area contributed by atoms with E-state index in [-0.39, 0.29) is 0 Å². The zero-order valence-corrected chi connectivity index (χ0v) is 22.3. The molecule has 0 radical (unpaired) electrons. The number of allylic oxidation sites excluding steroid dienone is 1. The van der Waals surface area contributed by atoms with Crippen LogP contribution in [-0.4, -0.2) is 51.2 Å². The number of nitrogens with one attached hydrogen (secondary N) is 1. The lowest BCUT2D eigenvalue weighted by Gasteiger charge is -2.36. The van der Waals surface area contributed by atoms with Gasteiger partial charge in [0.15, 0.2) is 0 Å². The molecule has 0 saturated carbocycles. The molecule has 2 rings (SSSR count). The van der Waals surface area contributed by atoms with Crippen LogP contribution in [0.5, 0.6) is 0 Å². The van der Waals surface area contributed by atoms with Crippen LogP contribution in [0.25, 0.3) is 5.70 Å². The lowest BCUT2D eigenvalue weighted by molar-refractivity contribution is -0.0280. The summed E-state index contributed by atoms with van der Waals surface area (Å²) in [5, 5.41) is 3.06. The minimum absolute atomic E-state index is 0.397. The number of ether oxygens (including phenoxy) is 3. The molecular formula is C25H38N4O6. The Hall–Kier alpha value is -3.43. The summed E-state index contributed by atoms with van der Waals surface area (Å²) in [6, 6.07) is 6.91. The molecule has 0 spiro atoms. The lowest BCUT2D eigenvalue weighted by atomic mass is 10.1. The van der Waals surface area contributed by atoms with Gasteiger partial charge >= 0.3 is 18.3 Å². The molecule has 0 bridgehead atoms. The Morgan fingerprint density at radius 2 is 1.37 bits per heavy atom. The monoisotopic (exact) mass is 490 g/mol. The smallest absolute Gasteiger partial charge is 0.423 e. The van der Waals surface area contributed by atoms with Crippen molar-refractivity contribution in [1.29, 1.82) is 0 Å². The highest BCUT2D eigenvalue weighted by Crippen LogP contribution is 2.34. The molecule has 3 N–H and O–H groups in total. The Kier molecular flexibility index (Phi) is 7.69. The normalized spacial score (nSPS) is 16.5. The average molecular weight is 491 g/mol. The number of amides is 3. The summed E-state index contributed by atoms with van der Waals surface area (Å²) in [6.07, 6.45) is -4.06. The number of carbonyl (C=O) groups excluding carboxylic acids is 3. The van der Waals surface area contributed by atoms with E-state index in [0.29, 0.717) is 22.6 Å². The fraction of sp³-hybridized carbons (Fsp3) is 0.560. The van der Waals surface area contributed by atoms with Crippen molar-refractivity contribution in [2.45, 2.75) is 92.3 Å². The molecule has 3 amide bonds. The molecule has 0 saturated heterocycles. The maximum absolute atomic E-state index is 13.5. The van der Waals surface area contributed by atoms with Crippen LogP contribution in [0, 0.1) is 0 Å². The minimum atomic E-state index is -1.31. The van der Waals surface area contributed by atoms with E-state index in [2.05, 4.69) is 5.32 Å². The van der Waals surface area contributed by atoms with Gasteiger partial charge in [0.2, 0.25) is 6.29 Å². The van der Waals surface area contributed by atoms with Crippen LogP contribution in [0.3, 0.4) is 0 Å². The molecule has 0 aromatic heterocycles. The summed E-state index contributed by atoms with van der Waals surface area (Å²) in [4.78, 5) is 42.0. The largest absolute Gasteiger partial charge is 0.443 e. The van der Waals surface area contributed by atoms with Gasteiger partial charge in [-0.25, -0.2) is 19.3 Å². The summed E-state index contributed by atoms with van der Waals surface area (Å²) in [7, 11) is 0. The molecule has 1 atom stereocenters. The van der Waals surface area contributed by atoms with Gasteiger partial charge in [0.25, 0.3) is 0 Å². The SMILES string of the molecule is CC1=C(c2cccc(N)c2)N(C(=O)OC(C)(C)C)C(N(C(=O)OC(C)(C)C)C(=O)OC(C)(C)C)N1. The van der Waals surface area contributed by atoms with Crippen molar-refractivity contribution in [3.63, 3.8) is 0 Å². The first-order chi connectivity index (χ1) is 15.8. The highest BCUT2D eigenvalue weighted by Gasteiger charge is 2.47. The van der Waals surface area contributed by atoms with Crippen molar-refractivity contribution >= 4 is 29.7 Å². The maximum atomic E-state index is 13.5. The number of imide groups is 1. The van der Waals surface area contributed by atoms with Gasteiger partial charge in [0.1, 0.15) is 16.8 Å². The summed E-state index contributed by atoms with van der Waals surface area (Å²) < 4.78 is 16.6. The molecular weight excluding hydrogens is 452 g/mol. The van der Waals surface area contributed by atoms with E-state index < -0.39 is 41.4 Å². The predicted molar refractivity (Wildman–Crippen MR) is 133 cm³/mol. The van der Waals surface area contributed by atoms with E-state index in [1.54, 1.807) is 93.5 Å². The third-order valence-electron chi connectivity index (χ3n) is 4.36. The summed E-state index contributed by atoms with van der Waals surface area (Å²) >= 11 is 0. The van der Waals surface area contributed by atoms with Gasteiger partial charge in [0.05, 0.1) is 5.70 Å². The topological polar surface area (TPSA) is 123 Å². The molecule has 1 aliphatic rings. The molecule has 1 aromatic rings. The fourth-order valence-electron chi connectivity index (χ4n) is 3.25. The third-order valence-corrected chi connectivity index (χ3v) is 4.36. The number of nitrogens with two attached hydrogens (primary N) is 1. The quantitative estimate of drug-likeness (QED) is 0.425. The summed E-state index contributed by atoms with van der Waals surface area (Å²) in [6.45, 7) is 16.9. The zero-order valence-electron chi connectivity index (χ0n) is 22.3. The third kappa shape index (κ3) is 7.53. The van der Waals surface area contributed by atoms with Crippen molar-refractivity contribution in [3.05, 3.63) is 35.5 Å². The first-order valence-corrected chi connectivity index (χ1v) is 11.4. The molecule has 194 valence electrons. The van der Waals surface area contributed by atoms with Gasteiger partial charge < -0.3 is 25.3 Å². The highest BCUT2D eigenvalue weighted by atomic mass is 16.6. The molecule has 35 heavy (non-hydrogen) atoms.